The van der Waals surface area contributed by atoms with Gasteiger partial charge in [-0.05, 0) is 12.3 Å². The van der Waals surface area contributed by atoms with Crippen LogP contribution in [0.1, 0.15) is 6.42 Å². The Morgan fingerprint density at radius 2 is 2.67 bits per heavy atom. The van der Waals surface area contributed by atoms with Crippen LogP contribution in [0.5, 0.6) is 0 Å². The van der Waals surface area contributed by atoms with Gasteiger partial charge in [-0.15, -0.1) is 0 Å². The molecular formula is C4H6NO-. The highest BCUT2D eigenvalue weighted by Crippen LogP contribution is 1.90. The summed E-state index contributed by atoms with van der Waals surface area (Å²) in [5.41, 5.74) is 0. The molecule has 1 aliphatic rings. The third kappa shape index (κ3) is 0.455. The Hall–Kier alpha value is -0.660. The van der Waals surface area contributed by atoms with Gasteiger partial charge >= 0.3 is 0 Å². The maximum absolute atomic E-state index is 10.1. The van der Waals surface area contributed by atoms with E-state index in [2.05, 4.69) is 5.32 Å². The zero-order valence-corrected chi connectivity index (χ0v) is 3.40. The second kappa shape index (κ2) is 1.20. The van der Waals surface area contributed by atoms with Crippen LogP contribution in [0.25, 0.3) is 0 Å². The van der Waals surface area contributed by atoms with Crippen LogP contribution in [0.2, 0.25) is 0 Å². The molecule has 0 bridgehead atoms. The highest BCUT2D eigenvalue weighted by atomic mass is 16.3. The fourth-order valence-electron chi connectivity index (χ4n) is 0.471. The minimum Gasteiger partial charge on any atom is -0.861 e. The smallest absolute Gasteiger partial charge is 0.0170 e. The summed E-state index contributed by atoms with van der Waals surface area (Å²) in [5, 5.41) is 12.7. The predicted octanol–water partition coefficient (Wildman–Crippen LogP) is -0.819. The first kappa shape index (κ1) is 3.53. The molecule has 0 fully saturated rings. The summed E-state index contributed by atoms with van der Waals surface area (Å²) in [5.74, 6) is 0.0787. The van der Waals surface area contributed by atoms with Crippen molar-refractivity contribution in [2.45, 2.75) is 6.42 Å². The minimum atomic E-state index is 0.0787. The van der Waals surface area contributed by atoms with Crippen LogP contribution < -0.4 is 10.4 Å². The number of hydrogen-bond donors (Lipinski definition) is 1. The van der Waals surface area contributed by atoms with E-state index in [0.717, 1.165) is 13.0 Å². The van der Waals surface area contributed by atoms with Crippen molar-refractivity contribution in [3.8, 4) is 0 Å². The van der Waals surface area contributed by atoms with Crippen LogP contribution in [0.15, 0.2) is 12.0 Å². The molecule has 1 aliphatic heterocycles. The van der Waals surface area contributed by atoms with Crippen molar-refractivity contribution in [2.24, 2.45) is 0 Å². The Morgan fingerprint density at radius 3 is 2.83 bits per heavy atom. The van der Waals surface area contributed by atoms with E-state index in [4.69, 9.17) is 0 Å². The maximum Gasteiger partial charge on any atom is 0.0170 e. The largest absolute Gasteiger partial charge is 0.861 e. The van der Waals surface area contributed by atoms with E-state index in [1.165, 1.54) is 0 Å². The summed E-state index contributed by atoms with van der Waals surface area (Å²) in [7, 11) is 0. The molecule has 0 aromatic carbocycles. The molecule has 0 aromatic rings. The van der Waals surface area contributed by atoms with Gasteiger partial charge in [-0.1, -0.05) is 6.08 Å². The van der Waals surface area contributed by atoms with Crippen molar-refractivity contribution in [3.63, 3.8) is 0 Å². The Kier molecular flexibility index (Phi) is 0.708. The third-order valence-electron chi connectivity index (χ3n) is 0.773. The monoisotopic (exact) mass is 84.0 g/mol. The van der Waals surface area contributed by atoms with E-state index in [-0.39, 0.29) is 5.88 Å². The second-order valence-corrected chi connectivity index (χ2v) is 1.28. The van der Waals surface area contributed by atoms with Gasteiger partial charge in [0.25, 0.3) is 0 Å². The molecule has 1 N–H and O–H groups in total. The zero-order valence-electron chi connectivity index (χ0n) is 3.40. The fraction of sp³-hybridized carbons (Fsp3) is 0.500. The Labute approximate surface area is 36.5 Å². The molecule has 0 saturated carbocycles. The lowest BCUT2D eigenvalue weighted by Crippen LogP contribution is -2.17. The molecule has 0 spiro atoms. The second-order valence-electron chi connectivity index (χ2n) is 1.28. The molecular weight excluding hydrogens is 78.0 g/mol. The van der Waals surface area contributed by atoms with Gasteiger partial charge in [0.05, 0.1) is 0 Å². The van der Waals surface area contributed by atoms with Crippen LogP contribution in [-0.2, 0) is 0 Å². The van der Waals surface area contributed by atoms with Gasteiger partial charge in [0.2, 0.25) is 0 Å². The molecule has 0 atom stereocenters. The fourth-order valence-corrected chi connectivity index (χ4v) is 0.471. The molecule has 2 heteroatoms. The van der Waals surface area contributed by atoms with Gasteiger partial charge in [0, 0.05) is 6.54 Å². The average Bonchev–Trinajstić information content (AvgIpc) is 1.86. The maximum atomic E-state index is 10.1. The minimum absolute atomic E-state index is 0.0787. The van der Waals surface area contributed by atoms with Crippen molar-refractivity contribution in [1.29, 1.82) is 0 Å². The summed E-state index contributed by atoms with van der Waals surface area (Å²) in [4.78, 5) is 0. The van der Waals surface area contributed by atoms with Gasteiger partial charge in [0.1, 0.15) is 0 Å². The molecule has 2 nitrogen and oxygen atoms in total. The summed E-state index contributed by atoms with van der Waals surface area (Å²) in [6, 6.07) is 0. The topological polar surface area (TPSA) is 35.1 Å². The van der Waals surface area contributed by atoms with Crippen molar-refractivity contribution in [3.05, 3.63) is 12.0 Å². The van der Waals surface area contributed by atoms with E-state index in [9.17, 15) is 5.11 Å². The summed E-state index contributed by atoms with van der Waals surface area (Å²) in [6.45, 7) is 0.832. The predicted molar refractivity (Wildman–Crippen MR) is 20.7 cm³/mol. The van der Waals surface area contributed by atoms with Crippen LogP contribution in [0, 0.1) is 0 Å². The highest BCUT2D eigenvalue weighted by molar-refractivity contribution is 4.93. The SMILES string of the molecule is [O-]C1=CCCN1. The van der Waals surface area contributed by atoms with Crippen molar-refractivity contribution in [1.82, 2.24) is 5.32 Å². The quantitative estimate of drug-likeness (QED) is 0.416. The Morgan fingerprint density at radius 1 is 1.83 bits per heavy atom. The van der Waals surface area contributed by atoms with E-state index >= 15 is 0 Å². The molecule has 0 aromatic heterocycles. The van der Waals surface area contributed by atoms with E-state index in [1.807, 2.05) is 0 Å². The number of nitrogens with one attached hydrogen (secondary N) is 1. The van der Waals surface area contributed by atoms with E-state index < -0.39 is 0 Å². The molecule has 0 unspecified atom stereocenters. The van der Waals surface area contributed by atoms with Gasteiger partial charge in [-0.3, -0.25) is 0 Å². The highest BCUT2D eigenvalue weighted by Gasteiger charge is 1.87. The molecule has 0 radical (unpaired) electrons. The lowest BCUT2D eigenvalue weighted by molar-refractivity contribution is -0.310. The zero-order chi connectivity index (χ0) is 4.41. The summed E-state index contributed by atoms with van der Waals surface area (Å²) >= 11 is 0. The van der Waals surface area contributed by atoms with Gasteiger partial charge in [0.15, 0.2) is 0 Å². The molecule has 1 rings (SSSR count). The van der Waals surface area contributed by atoms with Crippen molar-refractivity contribution >= 4 is 0 Å². The summed E-state index contributed by atoms with van der Waals surface area (Å²) < 4.78 is 0. The lowest BCUT2D eigenvalue weighted by Gasteiger charge is -2.03. The molecule has 34 valence electrons. The number of hydrogen-bond acceptors (Lipinski definition) is 2. The van der Waals surface area contributed by atoms with Gasteiger partial charge < -0.3 is 10.4 Å². The number of rotatable bonds is 0. The molecule has 0 saturated heterocycles. The van der Waals surface area contributed by atoms with Crippen LogP contribution in [0.4, 0.5) is 0 Å². The average molecular weight is 84.1 g/mol. The van der Waals surface area contributed by atoms with Crippen LogP contribution in [0.3, 0.4) is 0 Å². The normalized spacial score (nSPS) is 19.7. The lowest BCUT2D eigenvalue weighted by atomic mass is 10.5. The Bertz CT molecular complexity index is 77.6. The Balaban J connectivity index is 2.45. The van der Waals surface area contributed by atoms with Gasteiger partial charge in [-0.25, -0.2) is 0 Å². The molecule has 0 amide bonds. The van der Waals surface area contributed by atoms with Crippen molar-refractivity contribution in [2.75, 3.05) is 6.54 Å². The van der Waals surface area contributed by atoms with Crippen LogP contribution in [-0.4, -0.2) is 6.54 Å². The summed E-state index contributed by atoms with van der Waals surface area (Å²) in [6.07, 6.45) is 2.55. The van der Waals surface area contributed by atoms with E-state index in [1.54, 1.807) is 6.08 Å². The van der Waals surface area contributed by atoms with Gasteiger partial charge in [-0.2, -0.15) is 0 Å². The molecule has 1 heterocycles. The first-order chi connectivity index (χ1) is 2.89. The third-order valence-corrected chi connectivity index (χ3v) is 0.773. The first-order valence-corrected chi connectivity index (χ1v) is 2.00. The van der Waals surface area contributed by atoms with Crippen LogP contribution >= 0.6 is 0 Å². The standard InChI is InChI=1S/C4H7NO/c6-4-2-1-3-5-4/h2,5-6H,1,3H2/p-1. The molecule has 6 heavy (non-hydrogen) atoms. The van der Waals surface area contributed by atoms with E-state index in [0.29, 0.717) is 0 Å². The molecule has 0 aliphatic carbocycles. The van der Waals surface area contributed by atoms with Crippen molar-refractivity contribution < 1.29 is 5.11 Å². The first-order valence-electron chi connectivity index (χ1n) is 2.00.